The molecule has 9 nitrogen and oxygen atoms in total. The third-order valence-corrected chi connectivity index (χ3v) is 7.31. The lowest BCUT2D eigenvalue weighted by atomic mass is 9.91. The third kappa shape index (κ3) is 5.06. The van der Waals surface area contributed by atoms with E-state index >= 15 is 0 Å². The molecule has 3 aromatic rings. The molecule has 2 fully saturated rings. The zero-order valence-corrected chi connectivity index (χ0v) is 20.9. The van der Waals surface area contributed by atoms with E-state index in [1.165, 1.54) is 31.4 Å². The van der Waals surface area contributed by atoms with Gasteiger partial charge in [-0.25, -0.2) is 9.37 Å². The predicted molar refractivity (Wildman–Crippen MR) is 137 cm³/mol. The van der Waals surface area contributed by atoms with Crippen LogP contribution < -0.4 is 4.74 Å². The maximum absolute atomic E-state index is 13.5. The Bertz CT molecular complexity index is 1360. The maximum Gasteiger partial charge on any atom is 0.300 e. The number of likely N-dealkylation sites (tertiary alicyclic amines) is 2. The van der Waals surface area contributed by atoms with Crippen LogP contribution in [-0.4, -0.2) is 64.3 Å². The Hall–Kier alpha value is -4.34. The van der Waals surface area contributed by atoms with Gasteiger partial charge < -0.3 is 14.5 Å². The fraction of sp³-hybridized carbons (Fsp3) is 0.321. The number of piperidine rings is 1. The van der Waals surface area contributed by atoms with E-state index in [0.29, 0.717) is 31.6 Å². The Morgan fingerprint density at radius 3 is 2.37 bits per heavy atom. The van der Waals surface area contributed by atoms with Crippen LogP contribution in [0.5, 0.6) is 5.88 Å². The normalized spacial score (nSPS) is 18.7. The molecule has 0 spiro atoms. The molecule has 2 aromatic carbocycles. The summed E-state index contributed by atoms with van der Waals surface area (Å²) in [5.41, 5.74) is 1.91. The van der Waals surface area contributed by atoms with Crippen LogP contribution in [-0.2, 0) is 6.42 Å². The molecule has 196 valence electrons. The number of halogens is 1. The number of hydrogen-bond donors (Lipinski definition) is 0. The number of fused-ring (bicyclic) bond motifs is 1. The van der Waals surface area contributed by atoms with Gasteiger partial charge in [-0.05, 0) is 60.6 Å². The largest absolute Gasteiger partial charge is 0.481 e. The standard InChI is InChI=1S/C28H27FN4O5/c1-38-25-13-12-23(33(36)37)26(30-25)28(35)32-14-2-3-21-16-31(17-24(21)32)27(34)20-8-4-18(5-9-20)15-19-6-10-22(29)11-7-19/h4-13,21,24H,2-3,14-17H2,1H3/t21-,24-/m1/s1. The zero-order valence-electron chi connectivity index (χ0n) is 20.9. The van der Waals surface area contributed by atoms with Crippen LogP contribution >= 0.6 is 0 Å². The van der Waals surface area contributed by atoms with Crippen molar-refractivity contribution >= 4 is 17.5 Å². The third-order valence-electron chi connectivity index (χ3n) is 7.31. The number of nitrogens with zero attached hydrogens (tertiary/aromatic N) is 4. The molecule has 0 unspecified atom stereocenters. The molecule has 2 amide bonds. The summed E-state index contributed by atoms with van der Waals surface area (Å²) >= 11 is 0. The van der Waals surface area contributed by atoms with Gasteiger partial charge in [0.05, 0.1) is 18.1 Å². The number of methoxy groups -OCH3 is 1. The second kappa shape index (κ2) is 10.6. The van der Waals surface area contributed by atoms with Gasteiger partial charge in [-0.3, -0.25) is 19.7 Å². The highest BCUT2D eigenvalue weighted by molar-refractivity contribution is 5.97. The summed E-state index contributed by atoms with van der Waals surface area (Å²) in [5, 5.41) is 11.6. The number of ether oxygens (including phenoxy) is 1. The molecule has 0 radical (unpaired) electrons. The Morgan fingerprint density at radius 1 is 1.03 bits per heavy atom. The molecule has 0 aliphatic carbocycles. The monoisotopic (exact) mass is 518 g/mol. The Balaban J connectivity index is 1.30. The topological polar surface area (TPSA) is 106 Å². The Labute approximate surface area is 219 Å². The summed E-state index contributed by atoms with van der Waals surface area (Å²) in [6.07, 6.45) is 2.23. The van der Waals surface area contributed by atoms with Gasteiger partial charge >= 0.3 is 5.69 Å². The van der Waals surface area contributed by atoms with Crippen molar-refractivity contribution in [2.24, 2.45) is 5.92 Å². The van der Waals surface area contributed by atoms with Crippen molar-refractivity contribution in [3.05, 3.63) is 99.0 Å². The average molecular weight is 519 g/mol. The van der Waals surface area contributed by atoms with E-state index in [0.717, 1.165) is 24.0 Å². The summed E-state index contributed by atoms with van der Waals surface area (Å²) in [5.74, 6) is -0.716. The smallest absolute Gasteiger partial charge is 0.300 e. The summed E-state index contributed by atoms with van der Waals surface area (Å²) in [6, 6.07) is 16.0. The number of hydrogen-bond acceptors (Lipinski definition) is 6. The van der Waals surface area contributed by atoms with Crippen molar-refractivity contribution in [3.8, 4) is 5.88 Å². The first kappa shape index (κ1) is 25.3. The molecule has 0 saturated carbocycles. The maximum atomic E-state index is 13.5. The first-order valence-electron chi connectivity index (χ1n) is 12.5. The van der Waals surface area contributed by atoms with Crippen LogP contribution in [0.15, 0.2) is 60.7 Å². The molecule has 2 aliphatic heterocycles. The minimum absolute atomic E-state index is 0.0825. The molecular formula is C28H27FN4O5. The molecule has 5 rings (SSSR count). The van der Waals surface area contributed by atoms with E-state index in [1.54, 1.807) is 34.1 Å². The van der Waals surface area contributed by atoms with Crippen molar-refractivity contribution < 1.29 is 23.6 Å². The quantitative estimate of drug-likeness (QED) is 0.359. The Kier molecular flexibility index (Phi) is 7.04. The highest BCUT2D eigenvalue weighted by Crippen LogP contribution is 2.33. The first-order chi connectivity index (χ1) is 18.3. The highest BCUT2D eigenvalue weighted by Gasteiger charge is 2.44. The second-order valence-corrected chi connectivity index (χ2v) is 9.66. The molecule has 3 heterocycles. The molecule has 10 heteroatoms. The SMILES string of the molecule is COc1ccc([N+](=O)[O-])c(C(=O)N2CCC[C@@H]3CN(C(=O)c4ccc(Cc5ccc(F)cc5)cc4)C[C@H]32)n1. The summed E-state index contributed by atoms with van der Waals surface area (Å²) in [4.78, 5) is 45.2. The predicted octanol–water partition coefficient (Wildman–Crippen LogP) is 4.11. The van der Waals surface area contributed by atoms with Crippen molar-refractivity contribution in [3.63, 3.8) is 0 Å². The molecular weight excluding hydrogens is 491 g/mol. The van der Waals surface area contributed by atoms with E-state index in [-0.39, 0.29) is 40.9 Å². The summed E-state index contributed by atoms with van der Waals surface area (Å²) < 4.78 is 18.2. The van der Waals surface area contributed by atoms with Crippen molar-refractivity contribution in [1.29, 1.82) is 0 Å². The lowest BCUT2D eigenvalue weighted by molar-refractivity contribution is -0.385. The minimum Gasteiger partial charge on any atom is -0.481 e. The van der Waals surface area contributed by atoms with Crippen LogP contribution in [0.4, 0.5) is 10.1 Å². The number of benzene rings is 2. The summed E-state index contributed by atoms with van der Waals surface area (Å²) in [6.45, 7) is 1.30. The van der Waals surface area contributed by atoms with Gasteiger partial charge in [0.2, 0.25) is 11.6 Å². The molecule has 38 heavy (non-hydrogen) atoms. The van der Waals surface area contributed by atoms with Crippen LogP contribution in [0.3, 0.4) is 0 Å². The van der Waals surface area contributed by atoms with E-state index in [4.69, 9.17) is 4.74 Å². The van der Waals surface area contributed by atoms with Gasteiger partial charge in [-0.1, -0.05) is 24.3 Å². The van der Waals surface area contributed by atoms with E-state index in [9.17, 15) is 24.1 Å². The van der Waals surface area contributed by atoms with Crippen molar-refractivity contribution in [2.45, 2.75) is 25.3 Å². The first-order valence-corrected chi connectivity index (χ1v) is 12.5. The van der Waals surface area contributed by atoms with Crippen LogP contribution in [0.1, 0.15) is 44.8 Å². The average Bonchev–Trinajstić information content (AvgIpc) is 3.38. The van der Waals surface area contributed by atoms with Gasteiger partial charge in [0, 0.05) is 37.3 Å². The van der Waals surface area contributed by atoms with Gasteiger partial charge in [-0.2, -0.15) is 0 Å². The molecule has 0 N–H and O–H groups in total. The summed E-state index contributed by atoms with van der Waals surface area (Å²) in [7, 11) is 1.38. The van der Waals surface area contributed by atoms with Crippen LogP contribution in [0.25, 0.3) is 0 Å². The van der Waals surface area contributed by atoms with Crippen LogP contribution in [0.2, 0.25) is 0 Å². The van der Waals surface area contributed by atoms with Gasteiger partial charge in [0.25, 0.3) is 11.8 Å². The van der Waals surface area contributed by atoms with Crippen molar-refractivity contribution in [2.75, 3.05) is 26.7 Å². The van der Waals surface area contributed by atoms with E-state index in [1.807, 2.05) is 12.1 Å². The number of amides is 2. The van der Waals surface area contributed by atoms with Crippen molar-refractivity contribution in [1.82, 2.24) is 14.8 Å². The number of carbonyl (C=O) groups excluding carboxylic acids is 2. The zero-order chi connectivity index (χ0) is 26.8. The van der Waals surface area contributed by atoms with Gasteiger partial charge in [0.15, 0.2) is 0 Å². The molecule has 2 saturated heterocycles. The molecule has 2 aliphatic rings. The fourth-order valence-electron chi connectivity index (χ4n) is 5.37. The van der Waals surface area contributed by atoms with E-state index in [2.05, 4.69) is 4.98 Å². The van der Waals surface area contributed by atoms with Gasteiger partial charge in [0.1, 0.15) is 5.82 Å². The minimum atomic E-state index is -0.620. The lowest BCUT2D eigenvalue weighted by Gasteiger charge is -2.36. The second-order valence-electron chi connectivity index (χ2n) is 9.66. The number of aromatic nitrogens is 1. The lowest BCUT2D eigenvalue weighted by Crippen LogP contribution is -2.48. The van der Waals surface area contributed by atoms with Gasteiger partial charge in [-0.15, -0.1) is 0 Å². The highest BCUT2D eigenvalue weighted by atomic mass is 19.1. The molecule has 2 atom stereocenters. The number of rotatable bonds is 6. The van der Waals surface area contributed by atoms with E-state index < -0.39 is 10.8 Å². The Morgan fingerprint density at radius 2 is 1.71 bits per heavy atom. The molecule has 0 bridgehead atoms. The fourth-order valence-corrected chi connectivity index (χ4v) is 5.37. The number of pyridine rings is 1. The van der Waals surface area contributed by atoms with Crippen LogP contribution in [0, 0.1) is 21.8 Å². The number of nitro groups is 1. The molecule has 1 aromatic heterocycles. The number of carbonyl (C=O) groups is 2.